The maximum atomic E-state index is 12.4. The maximum absolute atomic E-state index is 12.4. The van der Waals surface area contributed by atoms with Crippen LogP contribution in [0.2, 0.25) is 0 Å². The molecule has 2 aliphatic heterocycles. The van der Waals surface area contributed by atoms with E-state index >= 15 is 0 Å². The lowest BCUT2D eigenvalue weighted by Gasteiger charge is -2.40. The number of fused-ring (bicyclic) bond motifs is 3. The van der Waals surface area contributed by atoms with E-state index in [1.54, 1.807) is 0 Å². The van der Waals surface area contributed by atoms with Gasteiger partial charge in [-0.1, -0.05) is 18.7 Å². The minimum Gasteiger partial charge on any atom is -0.459 e. The number of alkyl halides is 1. The fourth-order valence-corrected chi connectivity index (χ4v) is 5.79. The molecule has 0 spiro atoms. The molecule has 174 valence electrons. The molecule has 0 aromatic heterocycles. The van der Waals surface area contributed by atoms with Crippen LogP contribution in [-0.2, 0) is 19.0 Å². The van der Waals surface area contributed by atoms with Gasteiger partial charge in [0.15, 0.2) is 11.9 Å². The highest BCUT2D eigenvalue weighted by atomic mass is 35.5. The van der Waals surface area contributed by atoms with E-state index in [1.807, 2.05) is 0 Å². The van der Waals surface area contributed by atoms with E-state index in [2.05, 4.69) is 13.2 Å². The van der Waals surface area contributed by atoms with Gasteiger partial charge < -0.3 is 39.7 Å². The average Bonchev–Trinajstić information content (AvgIpc) is 3.15. The second kappa shape index (κ2) is 8.39. The van der Waals surface area contributed by atoms with E-state index in [0.717, 1.165) is 5.57 Å². The summed E-state index contributed by atoms with van der Waals surface area (Å²) in [6.07, 6.45) is -6.65. The molecule has 2 saturated heterocycles. The highest BCUT2D eigenvalue weighted by molar-refractivity contribution is 6.20. The van der Waals surface area contributed by atoms with Gasteiger partial charge in [0.05, 0.1) is 18.6 Å². The summed E-state index contributed by atoms with van der Waals surface area (Å²) < 4.78 is 17.0. The largest absolute Gasteiger partial charge is 0.459 e. The van der Waals surface area contributed by atoms with Crippen molar-refractivity contribution < 1.29 is 44.5 Å². The molecule has 2 aliphatic carbocycles. The maximum Gasteiger partial charge on any atom is 0.340 e. The Bertz CT molecular complexity index is 757. The molecule has 4 fully saturated rings. The van der Waals surface area contributed by atoms with E-state index in [1.165, 1.54) is 0 Å². The first-order valence-corrected chi connectivity index (χ1v) is 11.0. The van der Waals surface area contributed by atoms with Crippen molar-refractivity contribution in [2.75, 3.05) is 12.5 Å². The van der Waals surface area contributed by atoms with Crippen LogP contribution in [-0.4, -0.2) is 92.5 Å². The monoisotopic (exact) mass is 460 g/mol. The number of aliphatic hydroxyl groups excluding tert-OH is 4. The first-order chi connectivity index (χ1) is 14.6. The summed E-state index contributed by atoms with van der Waals surface area (Å²) in [5.41, 5.74) is -0.238. The number of allylic oxidation sites excluding steroid dienone is 1. The molecule has 0 radical (unpaired) electrons. The van der Waals surface area contributed by atoms with Gasteiger partial charge in [-0.25, -0.2) is 4.79 Å². The van der Waals surface area contributed by atoms with E-state index in [0.29, 0.717) is 24.8 Å². The van der Waals surface area contributed by atoms with Crippen molar-refractivity contribution in [1.82, 2.24) is 0 Å². The number of rotatable bonds is 4. The number of esters is 1. The van der Waals surface area contributed by atoms with Crippen LogP contribution >= 0.6 is 11.6 Å². The zero-order chi connectivity index (χ0) is 22.7. The molecule has 0 bridgehead atoms. The van der Waals surface area contributed by atoms with Crippen LogP contribution in [0.4, 0.5) is 0 Å². The molecule has 4 aliphatic rings. The molecule has 5 N–H and O–H groups in total. The summed E-state index contributed by atoms with van der Waals surface area (Å²) in [5, 5.41) is 50.5. The first kappa shape index (κ1) is 23.1. The van der Waals surface area contributed by atoms with Crippen molar-refractivity contribution >= 4 is 17.6 Å². The number of halogens is 1. The second-order valence-corrected chi connectivity index (χ2v) is 9.26. The van der Waals surface area contributed by atoms with Crippen LogP contribution in [0.5, 0.6) is 0 Å². The van der Waals surface area contributed by atoms with E-state index in [-0.39, 0.29) is 17.7 Å². The predicted molar refractivity (Wildman–Crippen MR) is 107 cm³/mol. The molecule has 0 aromatic carbocycles. The number of ether oxygens (including phenoxy) is 3. The molecular formula is C21H29ClO9. The van der Waals surface area contributed by atoms with E-state index in [4.69, 9.17) is 25.8 Å². The lowest BCUT2D eigenvalue weighted by molar-refractivity contribution is -0.308. The van der Waals surface area contributed by atoms with Gasteiger partial charge in [-0.2, -0.15) is 0 Å². The summed E-state index contributed by atoms with van der Waals surface area (Å²) in [5.74, 6) is -1.99. The normalized spacial score (nSPS) is 50.1. The average molecular weight is 461 g/mol. The first-order valence-electron chi connectivity index (χ1n) is 10.5. The smallest absolute Gasteiger partial charge is 0.340 e. The van der Waals surface area contributed by atoms with Gasteiger partial charge in [-0.3, -0.25) is 0 Å². The molecule has 2 heterocycles. The minimum atomic E-state index is -1.77. The number of carbonyl (C=O) groups excluding carboxylic acids is 1. The molecule has 0 aromatic rings. The van der Waals surface area contributed by atoms with Crippen molar-refractivity contribution in [2.24, 2.45) is 17.8 Å². The fraction of sp³-hybridized carbons (Fsp3) is 0.762. The van der Waals surface area contributed by atoms with Gasteiger partial charge in [-0.15, -0.1) is 11.6 Å². The Kier molecular flexibility index (Phi) is 6.26. The highest BCUT2D eigenvalue weighted by Gasteiger charge is 2.62. The lowest BCUT2D eigenvalue weighted by Crippen LogP contribution is -2.59. The van der Waals surface area contributed by atoms with Gasteiger partial charge in [0, 0.05) is 11.8 Å². The Hall–Kier alpha value is -1.04. The molecule has 4 rings (SSSR count). The Morgan fingerprint density at radius 2 is 1.90 bits per heavy atom. The summed E-state index contributed by atoms with van der Waals surface area (Å²) in [4.78, 5) is 12.4. The summed E-state index contributed by atoms with van der Waals surface area (Å²) in [6, 6.07) is 0. The summed E-state index contributed by atoms with van der Waals surface area (Å²) in [6.45, 7) is 7.76. The zero-order valence-electron chi connectivity index (χ0n) is 17.0. The number of hydrogen-bond donors (Lipinski definition) is 5. The number of hydrogen-bond acceptors (Lipinski definition) is 9. The van der Waals surface area contributed by atoms with Crippen molar-refractivity contribution in [2.45, 2.75) is 67.8 Å². The van der Waals surface area contributed by atoms with Crippen LogP contribution in [0.15, 0.2) is 24.3 Å². The van der Waals surface area contributed by atoms with E-state index < -0.39 is 67.0 Å². The van der Waals surface area contributed by atoms with Gasteiger partial charge in [0.2, 0.25) is 0 Å². The molecule has 9 nitrogen and oxygen atoms in total. The topological polar surface area (TPSA) is 146 Å². The van der Waals surface area contributed by atoms with Gasteiger partial charge in [0.25, 0.3) is 0 Å². The van der Waals surface area contributed by atoms with Crippen LogP contribution < -0.4 is 0 Å². The van der Waals surface area contributed by atoms with Crippen LogP contribution in [0.1, 0.15) is 19.3 Å². The molecule has 0 unspecified atom stereocenters. The molecule has 10 heteroatoms. The number of carbonyl (C=O) groups is 1. The Labute approximate surface area is 184 Å². The van der Waals surface area contributed by atoms with Gasteiger partial charge >= 0.3 is 5.97 Å². The van der Waals surface area contributed by atoms with Gasteiger partial charge in [-0.05, 0) is 30.8 Å². The van der Waals surface area contributed by atoms with Crippen LogP contribution in [0.25, 0.3) is 0 Å². The quantitative estimate of drug-likeness (QED) is 0.207. The molecule has 2 saturated carbocycles. The predicted octanol–water partition coefficient (Wildman–Crippen LogP) is -0.775. The highest BCUT2D eigenvalue weighted by Crippen LogP contribution is 2.54. The van der Waals surface area contributed by atoms with Crippen molar-refractivity contribution in [1.29, 1.82) is 0 Å². The summed E-state index contributed by atoms with van der Waals surface area (Å²) >= 11 is 5.93. The molecule has 0 amide bonds. The third-order valence-electron chi connectivity index (χ3n) is 7.36. The third kappa shape index (κ3) is 3.55. The summed E-state index contributed by atoms with van der Waals surface area (Å²) in [7, 11) is 0. The standard InChI is InChI=1S/C21H29ClO9/c1-8-3-4-11-18(31-20(27)21(11,28)7-22)14-9(2)12(5-10(8)14)29-19-17(26)16(25)15(24)13(6-23)30-19/h10-19,23-26,28H,1-7H2/t10-,11+,12-,13+,14-,15+,16+,17+,18-,19+,21-/m0/s1. The lowest BCUT2D eigenvalue weighted by atomic mass is 9.78. The zero-order valence-corrected chi connectivity index (χ0v) is 17.7. The Morgan fingerprint density at radius 1 is 1.19 bits per heavy atom. The van der Waals surface area contributed by atoms with E-state index in [9.17, 15) is 30.3 Å². The van der Waals surface area contributed by atoms with Crippen molar-refractivity contribution in [3.8, 4) is 0 Å². The Balaban J connectivity index is 1.56. The Morgan fingerprint density at radius 3 is 2.55 bits per heavy atom. The van der Waals surface area contributed by atoms with Gasteiger partial charge in [0.1, 0.15) is 30.5 Å². The number of aliphatic hydroxyl groups is 5. The molecular weight excluding hydrogens is 432 g/mol. The van der Waals surface area contributed by atoms with Crippen molar-refractivity contribution in [3.63, 3.8) is 0 Å². The molecule has 31 heavy (non-hydrogen) atoms. The second-order valence-electron chi connectivity index (χ2n) is 9.00. The van der Waals surface area contributed by atoms with Crippen molar-refractivity contribution in [3.05, 3.63) is 24.3 Å². The SMILES string of the molecule is C=C1[C@@H]2[C@H]3OC(=O)[C@](O)(CCl)[C@@H]3CCC(=C)[C@@H]2C[C@@H]1O[C@@H]1O[C@H](CO)[C@@H](O)[C@@H](O)[C@H]1O. The fourth-order valence-electron chi connectivity index (χ4n) is 5.48. The third-order valence-corrected chi connectivity index (χ3v) is 7.76. The van der Waals surface area contributed by atoms with Crippen LogP contribution in [0.3, 0.4) is 0 Å². The van der Waals surface area contributed by atoms with Crippen LogP contribution in [0, 0.1) is 17.8 Å². The minimum absolute atomic E-state index is 0.122. The molecule has 11 atom stereocenters.